The van der Waals surface area contributed by atoms with Crippen LogP contribution in [0.25, 0.3) is 5.70 Å². The van der Waals surface area contributed by atoms with Gasteiger partial charge in [-0.25, -0.2) is 8.42 Å². The van der Waals surface area contributed by atoms with Gasteiger partial charge in [-0.15, -0.1) is 0 Å². The van der Waals surface area contributed by atoms with Gasteiger partial charge in [-0.3, -0.25) is 4.79 Å². The number of hydrogen-bond donors (Lipinski definition) is 1. The van der Waals surface area contributed by atoms with Crippen molar-refractivity contribution in [1.29, 1.82) is 0 Å². The molecule has 2 unspecified atom stereocenters. The molecule has 2 aliphatic carbocycles. The molecule has 3 aliphatic rings. The standard InChI is InChI=1S/C20H22N2O3S2/c1-13-4-2-3-5-15(13)19(21)16-6-7-18(26-16)22-27(24,25)12-20-9-8-14(11-20)10-17(20)23/h2-7,14H,8-12,21H2,1H3/b19-16-,22-18?. The maximum absolute atomic E-state index is 12.6. The Morgan fingerprint density at radius 3 is 2.78 bits per heavy atom. The van der Waals surface area contributed by atoms with Crippen molar-refractivity contribution in [2.24, 2.45) is 21.5 Å². The van der Waals surface area contributed by atoms with Crippen LogP contribution in [0.3, 0.4) is 0 Å². The molecule has 4 rings (SSSR count). The zero-order chi connectivity index (χ0) is 19.2. The van der Waals surface area contributed by atoms with Crippen molar-refractivity contribution in [2.75, 3.05) is 5.75 Å². The number of aryl methyl sites for hydroxylation is 1. The van der Waals surface area contributed by atoms with Gasteiger partial charge in [0.15, 0.2) is 0 Å². The van der Waals surface area contributed by atoms with E-state index in [4.69, 9.17) is 5.73 Å². The van der Waals surface area contributed by atoms with Crippen molar-refractivity contribution in [2.45, 2.75) is 32.6 Å². The summed E-state index contributed by atoms with van der Waals surface area (Å²) in [6.07, 6.45) is 6.33. The Hall–Kier alpha value is -1.86. The van der Waals surface area contributed by atoms with Crippen molar-refractivity contribution in [3.05, 3.63) is 52.4 Å². The van der Waals surface area contributed by atoms with Crippen LogP contribution in [0, 0.1) is 18.3 Å². The number of nitrogens with zero attached hydrogens (tertiary/aromatic N) is 1. The lowest BCUT2D eigenvalue weighted by molar-refractivity contribution is -0.125. The van der Waals surface area contributed by atoms with E-state index >= 15 is 0 Å². The Bertz CT molecular complexity index is 1010. The number of rotatable bonds is 4. The van der Waals surface area contributed by atoms with Crippen LogP contribution in [-0.2, 0) is 14.8 Å². The van der Waals surface area contributed by atoms with Crippen molar-refractivity contribution in [3.63, 3.8) is 0 Å². The van der Waals surface area contributed by atoms with E-state index in [0.717, 1.165) is 22.5 Å². The molecule has 2 atom stereocenters. The Morgan fingerprint density at radius 1 is 1.33 bits per heavy atom. The number of carbonyl (C=O) groups is 1. The minimum absolute atomic E-state index is 0.0986. The monoisotopic (exact) mass is 402 g/mol. The van der Waals surface area contributed by atoms with E-state index in [2.05, 4.69) is 4.40 Å². The molecule has 2 bridgehead atoms. The summed E-state index contributed by atoms with van der Waals surface area (Å²) in [6, 6.07) is 7.80. The van der Waals surface area contributed by atoms with E-state index < -0.39 is 15.4 Å². The fraction of sp³-hybridized carbons (Fsp3) is 0.400. The predicted molar refractivity (Wildman–Crippen MR) is 110 cm³/mol. The van der Waals surface area contributed by atoms with Gasteiger partial charge in [0, 0.05) is 22.3 Å². The normalized spacial score (nSPS) is 30.5. The van der Waals surface area contributed by atoms with Crippen LogP contribution in [0.5, 0.6) is 0 Å². The van der Waals surface area contributed by atoms with E-state index in [9.17, 15) is 13.2 Å². The largest absolute Gasteiger partial charge is 0.397 e. The van der Waals surface area contributed by atoms with Gasteiger partial charge in [-0.1, -0.05) is 36.0 Å². The average Bonchev–Trinajstić information content (AvgIpc) is 3.28. The van der Waals surface area contributed by atoms with Gasteiger partial charge in [0.05, 0.1) is 11.4 Å². The number of fused-ring (bicyclic) bond motifs is 2. The van der Waals surface area contributed by atoms with Crippen LogP contribution in [0.1, 0.15) is 36.8 Å². The molecule has 0 radical (unpaired) electrons. The van der Waals surface area contributed by atoms with Gasteiger partial charge in [-0.2, -0.15) is 4.40 Å². The first-order chi connectivity index (χ1) is 12.8. The van der Waals surface area contributed by atoms with Crippen molar-refractivity contribution >= 4 is 38.3 Å². The number of Topliss-reactive ketones (excluding diaryl/α,β-unsaturated/α-hetero) is 1. The molecule has 142 valence electrons. The van der Waals surface area contributed by atoms with Crippen molar-refractivity contribution in [3.8, 4) is 0 Å². The molecule has 0 amide bonds. The average molecular weight is 403 g/mol. The minimum atomic E-state index is -3.72. The maximum Gasteiger partial charge on any atom is 0.255 e. The highest BCUT2D eigenvalue weighted by Crippen LogP contribution is 2.52. The number of hydrogen-bond acceptors (Lipinski definition) is 5. The second kappa shape index (κ2) is 6.63. The zero-order valence-electron chi connectivity index (χ0n) is 15.1. The second-order valence-corrected chi connectivity index (χ2v) is 10.4. The van der Waals surface area contributed by atoms with Crippen LogP contribution >= 0.6 is 11.8 Å². The van der Waals surface area contributed by atoms with E-state index in [-0.39, 0.29) is 11.5 Å². The third-order valence-corrected chi connectivity index (χ3v) is 8.28. The Morgan fingerprint density at radius 2 is 2.11 bits per heavy atom. The van der Waals surface area contributed by atoms with Crippen LogP contribution in [-0.4, -0.2) is 25.0 Å². The number of allylic oxidation sites excluding steroid dienone is 1. The lowest BCUT2D eigenvalue weighted by Gasteiger charge is -2.23. The summed E-state index contributed by atoms with van der Waals surface area (Å²) >= 11 is 1.25. The molecule has 1 aromatic rings. The quantitative estimate of drug-likeness (QED) is 0.833. The van der Waals surface area contributed by atoms with E-state index in [0.29, 0.717) is 35.9 Å². The maximum atomic E-state index is 12.6. The van der Waals surface area contributed by atoms with Gasteiger partial charge in [0.2, 0.25) is 0 Å². The third kappa shape index (κ3) is 3.50. The predicted octanol–water partition coefficient (Wildman–Crippen LogP) is 3.41. The Kier molecular flexibility index (Phi) is 4.55. The molecular weight excluding hydrogens is 380 g/mol. The summed E-state index contributed by atoms with van der Waals surface area (Å²) in [5.74, 6) is 0.297. The van der Waals surface area contributed by atoms with E-state index in [1.54, 1.807) is 12.2 Å². The smallest absolute Gasteiger partial charge is 0.255 e. The number of carbonyl (C=O) groups excluding carboxylic acids is 1. The molecule has 5 nitrogen and oxygen atoms in total. The molecule has 1 aliphatic heterocycles. The summed E-state index contributed by atoms with van der Waals surface area (Å²) in [5.41, 5.74) is 8.19. The highest BCUT2D eigenvalue weighted by molar-refractivity contribution is 8.18. The molecule has 7 heteroatoms. The van der Waals surface area contributed by atoms with Crippen LogP contribution < -0.4 is 5.73 Å². The molecule has 0 aromatic heterocycles. The first kappa shape index (κ1) is 18.5. The van der Waals surface area contributed by atoms with Gasteiger partial charge >= 0.3 is 0 Å². The topological polar surface area (TPSA) is 89.6 Å². The highest BCUT2D eigenvalue weighted by atomic mass is 32.2. The molecular formula is C20H22N2O3S2. The van der Waals surface area contributed by atoms with Gasteiger partial charge in [0.1, 0.15) is 10.8 Å². The first-order valence-corrected chi connectivity index (χ1v) is 11.5. The van der Waals surface area contributed by atoms with Crippen LogP contribution in [0.15, 0.2) is 45.7 Å². The first-order valence-electron chi connectivity index (χ1n) is 9.06. The lowest BCUT2D eigenvalue weighted by atomic mass is 9.85. The minimum Gasteiger partial charge on any atom is -0.397 e. The Balaban J connectivity index is 1.54. The Labute approximate surface area is 163 Å². The van der Waals surface area contributed by atoms with Crippen LogP contribution in [0.2, 0.25) is 0 Å². The molecule has 2 fully saturated rings. The van der Waals surface area contributed by atoms with Gasteiger partial charge in [-0.05, 0) is 49.8 Å². The summed E-state index contributed by atoms with van der Waals surface area (Å²) in [7, 11) is -3.72. The summed E-state index contributed by atoms with van der Waals surface area (Å²) in [5, 5.41) is 0.401. The number of thioether (sulfide) groups is 1. The highest BCUT2D eigenvalue weighted by Gasteiger charge is 2.53. The zero-order valence-corrected chi connectivity index (χ0v) is 16.8. The van der Waals surface area contributed by atoms with E-state index in [1.165, 1.54) is 11.8 Å². The molecule has 1 aromatic carbocycles. The molecule has 0 saturated heterocycles. The summed E-state index contributed by atoms with van der Waals surface area (Å²) in [6.45, 7) is 1.98. The van der Waals surface area contributed by atoms with Crippen molar-refractivity contribution in [1.82, 2.24) is 0 Å². The third-order valence-electron chi connectivity index (χ3n) is 5.76. The molecule has 2 saturated carbocycles. The fourth-order valence-corrected chi connectivity index (χ4v) is 7.13. The lowest BCUT2D eigenvalue weighted by Crippen LogP contribution is -2.33. The SMILES string of the molecule is Cc1ccccc1/C(N)=C1\C=CC(=NS(=O)(=O)CC23CCC(CC2=O)C3)S1. The summed E-state index contributed by atoms with van der Waals surface area (Å²) < 4.78 is 29.3. The van der Waals surface area contributed by atoms with E-state index in [1.807, 2.05) is 31.2 Å². The summed E-state index contributed by atoms with van der Waals surface area (Å²) in [4.78, 5) is 13.0. The van der Waals surface area contributed by atoms with Gasteiger partial charge in [0.25, 0.3) is 10.0 Å². The fourth-order valence-electron chi connectivity index (χ4n) is 4.40. The number of ketones is 1. The molecule has 27 heavy (non-hydrogen) atoms. The molecule has 1 heterocycles. The number of sulfonamides is 1. The molecule has 0 spiro atoms. The molecule has 2 N–H and O–H groups in total. The van der Waals surface area contributed by atoms with Gasteiger partial charge < -0.3 is 5.73 Å². The number of benzene rings is 1. The second-order valence-electron chi connectivity index (χ2n) is 7.70. The number of nitrogens with two attached hydrogens (primary N) is 1. The van der Waals surface area contributed by atoms with Crippen LogP contribution in [0.4, 0.5) is 0 Å². The van der Waals surface area contributed by atoms with Crippen molar-refractivity contribution < 1.29 is 13.2 Å².